The SMILES string of the molecule is CCOc1cccc(N2C(=O)C(Nc3ccc(OC)c(OC)c3)=C(c3ccc(F)cc3)C2=O)c1. The lowest BCUT2D eigenvalue weighted by Gasteiger charge is -2.17. The number of hydrogen-bond acceptors (Lipinski definition) is 6. The summed E-state index contributed by atoms with van der Waals surface area (Å²) < 4.78 is 29.7. The molecule has 3 aromatic rings. The molecule has 8 heteroatoms. The van der Waals surface area contributed by atoms with Crippen molar-refractivity contribution in [3.63, 3.8) is 0 Å². The number of methoxy groups -OCH3 is 2. The third kappa shape index (κ3) is 4.30. The Balaban J connectivity index is 1.79. The van der Waals surface area contributed by atoms with Gasteiger partial charge in [-0.25, -0.2) is 9.29 Å². The third-order valence-electron chi connectivity index (χ3n) is 5.26. The van der Waals surface area contributed by atoms with Crippen LogP contribution < -0.4 is 24.4 Å². The largest absolute Gasteiger partial charge is 0.494 e. The van der Waals surface area contributed by atoms with Crippen molar-refractivity contribution >= 4 is 28.8 Å². The molecule has 0 aliphatic carbocycles. The maximum atomic E-state index is 13.6. The van der Waals surface area contributed by atoms with Gasteiger partial charge in [-0.1, -0.05) is 18.2 Å². The number of rotatable bonds is 8. The van der Waals surface area contributed by atoms with Gasteiger partial charge in [0.25, 0.3) is 11.8 Å². The number of nitrogens with one attached hydrogen (secondary N) is 1. The Kier molecular flexibility index (Phi) is 6.49. The number of carbonyl (C=O) groups is 2. The van der Waals surface area contributed by atoms with E-state index in [2.05, 4.69) is 5.32 Å². The minimum atomic E-state index is -0.548. The van der Waals surface area contributed by atoms with Gasteiger partial charge in [-0.15, -0.1) is 0 Å². The van der Waals surface area contributed by atoms with Gasteiger partial charge in [0.1, 0.15) is 17.3 Å². The summed E-state index contributed by atoms with van der Waals surface area (Å²) in [5.41, 5.74) is 1.47. The second-order valence-electron chi connectivity index (χ2n) is 7.33. The zero-order valence-electron chi connectivity index (χ0n) is 18.9. The van der Waals surface area contributed by atoms with Gasteiger partial charge in [0.2, 0.25) is 0 Å². The number of benzene rings is 3. The van der Waals surface area contributed by atoms with Crippen LogP contribution in [0.3, 0.4) is 0 Å². The van der Waals surface area contributed by atoms with Crippen LogP contribution in [0.1, 0.15) is 12.5 Å². The summed E-state index contributed by atoms with van der Waals surface area (Å²) in [7, 11) is 3.02. The fourth-order valence-corrected chi connectivity index (χ4v) is 3.70. The molecule has 1 heterocycles. The van der Waals surface area contributed by atoms with Crippen molar-refractivity contribution in [3.05, 3.63) is 83.8 Å². The summed E-state index contributed by atoms with van der Waals surface area (Å²) in [5, 5.41) is 3.06. The minimum absolute atomic E-state index is 0.0608. The van der Waals surface area contributed by atoms with Gasteiger partial charge in [0, 0.05) is 17.8 Å². The van der Waals surface area contributed by atoms with Gasteiger partial charge in [-0.3, -0.25) is 9.59 Å². The monoisotopic (exact) mass is 462 g/mol. The summed E-state index contributed by atoms with van der Waals surface area (Å²) in [6, 6.07) is 17.2. The zero-order chi connectivity index (χ0) is 24.2. The fraction of sp³-hybridized carbons (Fsp3) is 0.154. The van der Waals surface area contributed by atoms with Gasteiger partial charge in [-0.2, -0.15) is 0 Å². The van der Waals surface area contributed by atoms with Gasteiger partial charge in [0.05, 0.1) is 32.1 Å². The first kappa shape index (κ1) is 22.8. The topological polar surface area (TPSA) is 77.1 Å². The second-order valence-corrected chi connectivity index (χ2v) is 7.33. The molecule has 0 aromatic heterocycles. The summed E-state index contributed by atoms with van der Waals surface area (Å²) in [6.45, 7) is 2.29. The van der Waals surface area contributed by atoms with E-state index in [-0.39, 0.29) is 11.3 Å². The molecule has 0 radical (unpaired) electrons. The highest BCUT2D eigenvalue weighted by Crippen LogP contribution is 2.36. The Hall–Kier alpha value is -4.33. The van der Waals surface area contributed by atoms with Crippen molar-refractivity contribution in [2.24, 2.45) is 0 Å². The Morgan fingerprint density at radius 1 is 0.882 bits per heavy atom. The highest BCUT2D eigenvalue weighted by Gasteiger charge is 2.40. The third-order valence-corrected chi connectivity index (χ3v) is 5.26. The molecule has 0 spiro atoms. The minimum Gasteiger partial charge on any atom is -0.494 e. The Morgan fingerprint density at radius 2 is 1.62 bits per heavy atom. The van der Waals surface area contributed by atoms with Gasteiger partial charge in [0.15, 0.2) is 11.5 Å². The van der Waals surface area contributed by atoms with Crippen molar-refractivity contribution < 1.29 is 28.2 Å². The van der Waals surface area contributed by atoms with Crippen molar-refractivity contribution in [3.8, 4) is 17.2 Å². The Bertz CT molecular complexity index is 1270. The first-order chi connectivity index (χ1) is 16.5. The molecule has 4 rings (SSSR count). The molecule has 0 bridgehead atoms. The summed E-state index contributed by atoms with van der Waals surface area (Å²) >= 11 is 0. The smallest absolute Gasteiger partial charge is 0.282 e. The van der Waals surface area contributed by atoms with Crippen LogP contribution in [0.25, 0.3) is 5.57 Å². The van der Waals surface area contributed by atoms with E-state index in [1.165, 1.54) is 38.5 Å². The molecule has 0 unspecified atom stereocenters. The molecule has 0 atom stereocenters. The van der Waals surface area contributed by atoms with Crippen molar-refractivity contribution in [1.29, 1.82) is 0 Å². The van der Waals surface area contributed by atoms with Gasteiger partial charge >= 0.3 is 0 Å². The number of hydrogen-bond donors (Lipinski definition) is 1. The number of nitrogens with zero attached hydrogens (tertiary/aromatic N) is 1. The molecule has 0 saturated carbocycles. The second kappa shape index (κ2) is 9.66. The summed E-state index contributed by atoms with van der Waals surface area (Å²) in [4.78, 5) is 28.1. The van der Waals surface area contributed by atoms with Crippen LogP contribution in [-0.4, -0.2) is 32.6 Å². The molecule has 0 saturated heterocycles. The lowest BCUT2D eigenvalue weighted by Crippen LogP contribution is -2.32. The van der Waals surface area contributed by atoms with Crippen LogP contribution >= 0.6 is 0 Å². The van der Waals surface area contributed by atoms with Crippen molar-refractivity contribution in [2.75, 3.05) is 31.0 Å². The van der Waals surface area contributed by atoms with Crippen LogP contribution in [0.4, 0.5) is 15.8 Å². The molecular formula is C26H23FN2O5. The number of amides is 2. The maximum absolute atomic E-state index is 13.6. The predicted octanol–water partition coefficient (Wildman–Crippen LogP) is 4.64. The normalized spacial score (nSPS) is 13.4. The molecule has 1 N–H and O–H groups in total. The van der Waals surface area contributed by atoms with Crippen LogP contribution in [-0.2, 0) is 9.59 Å². The first-order valence-electron chi connectivity index (χ1n) is 10.6. The number of imide groups is 1. The van der Waals surface area contributed by atoms with Crippen molar-refractivity contribution in [1.82, 2.24) is 0 Å². The highest BCUT2D eigenvalue weighted by atomic mass is 19.1. The molecule has 2 amide bonds. The average molecular weight is 462 g/mol. The average Bonchev–Trinajstić information content (AvgIpc) is 3.09. The van der Waals surface area contributed by atoms with Crippen LogP contribution in [0.2, 0.25) is 0 Å². The molecule has 174 valence electrons. The van der Waals surface area contributed by atoms with Crippen LogP contribution in [0.5, 0.6) is 17.2 Å². The van der Waals surface area contributed by atoms with Crippen molar-refractivity contribution in [2.45, 2.75) is 6.92 Å². The number of carbonyl (C=O) groups excluding carboxylic acids is 2. The van der Waals surface area contributed by atoms with E-state index < -0.39 is 17.6 Å². The van der Waals surface area contributed by atoms with Gasteiger partial charge in [-0.05, 0) is 48.9 Å². The molecule has 3 aromatic carbocycles. The van der Waals surface area contributed by atoms with E-state index in [0.717, 1.165) is 4.90 Å². The molecular weight excluding hydrogens is 439 g/mol. The molecule has 1 aliphatic heterocycles. The summed E-state index contributed by atoms with van der Waals surface area (Å²) in [6.07, 6.45) is 0. The van der Waals surface area contributed by atoms with E-state index in [0.29, 0.717) is 40.8 Å². The molecule has 34 heavy (non-hydrogen) atoms. The fourth-order valence-electron chi connectivity index (χ4n) is 3.70. The predicted molar refractivity (Wildman–Crippen MR) is 127 cm³/mol. The Labute approximate surface area is 196 Å². The quantitative estimate of drug-likeness (QED) is 0.492. The van der Waals surface area contributed by atoms with E-state index >= 15 is 0 Å². The number of halogens is 1. The lowest BCUT2D eigenvalue weighted by molar-refractivity contribution is -0.120. The van der Waals surface area contributed by atoms with Gasteiger partial charge < -0.3 is 19.5 Å². The van der Waals surface area contributed by atoms with E-state index in [1.54, 1.807) is 42.5 Å². The lowest BCUT2D eigenvalue weighted by atomic mass is 10.0. The van der Waals surface area contributed by atoms with E-state index in [4.69, 9.17) is 14.2 Å². The number of anilines is 2. The molecule has 7 nitrogen and oxygen atoms in total. The standard InChI is InChI=1S/C26H23FN2O5/c1-4-34-20-7-5-6-19(15-20)29-25(30)23(16-8-10-17(27)11-9-16)24(26(29)31)28-18-12-13-21(32-2)22(14-18)33-3/h5-15,28H,4H2,1-3H3. The van der Waals surface area contributed by atoms with Crippen LogP contribution in [0, 0.1) is 5.82 Å². The molecule has 1 aliphatic rings. The highest BCUT2D eigenvalue weighted by molar-refractivity contribution is 6.46. The Morgan fingerprint density at radius 3 is 2.29 bits per heavy atom. The van der Waals surface area contributed by atoms with Crippen LogP contribution in [0.15, 0.2) is 72.4 Å². The van der Waals surface area contributed by atoms with E-state index in [1.807, 2.05) is 6.92 Å². The number of ether oxygens (including phenoxy) is 3. The molecule has 0 fully saturated rings. The first-order valence-corrected chi connectivity index (χ1v) is 10.6. The maximum Gasteiger partial charge on any atom is 0.282 e. The zero-order valence-corrected chi connectivity index (χ0v) is 18.9. The summed E-state index contributed by atoms with van der Waals surface area (Å²) in [5.74, 6) is -0.0264. The van der Waals surface area contributed by atoms with E-state index in [9.17, 15) is 14.0 Å².